The molecule has 0 fully saturated rings. The summed E-state index contributed by atoms with van der Waals surface area (Å²) in [7, 11) is 0. The van der Waals surface area contributed by atoms with Crippen molar-refractivity contribution in [3.63, 3.8) is 0 Å². The highest BCUT2D eigenvalue weighted by molar-refractivity contribution is 14.1. The molecule has 0 aromatic carbocycles. The summed E-state index contributed by atoms with van der Waals surface area (Å²) in [5.74, 6) is 0.218. The lowest BCUT2D eigenvalue weighted by Crippen LogP contribution is -2.28. The van der Waals surface area contributed by atoms with Gasteiger partial charge in [-0.05, 0) is 32.1 Å². The predicted octanol–water partition coefficient (Wildman–Crippen LogP) is 4.35. The molecule has 1 N–H and O–H groups in total. The summed E-state index contributed by atoms with van der Waals surface area (Å²) in [5.41, 5.74) is 0. The van der Waals surface area contributed by atoms with Gasteiger partial charge in [-0.15, -0.1) is 0 Å². The van der Waals surface area contributed by atoms with E-state index in [1.54, 1.807) is 0 Å². The van der Waals surface area contributed by atoms with Crippen LogP contribution >= 0.6 is 22.6 Å². The molecule has 0 heterocycles. The number of nitrogens with one attached hydrogen (secondary N) is 1. The fourth-order valence-corrected chi connectivity index (χ4v) is 2.49. The first-order valence-electron chi connectivity index (χ1n) is 9.11. The molecule has 5 heteroatoms. The van der Waals surface area contributed by atoms with Gasteiger partial charge < -0.3 is 14.8 Å². The van der Waals surface area contributed by atoms with E-state index in [2.05, 4.69) is 34.8 Å². The zero-order valence-electron chi connectivity index (χ0n) is 15.2. The van der Waals surface area contributed by atoms with Gasteiger partial charge in [-0.25, -0.2) is 0 Å². The third-order valence-electron chi connectivity index (χ3n) is 3.55. The van der Waals surface area contributed by atoms with Gasteiger partial charge in [0.25, 0.3) is 0 Å². The number of hydrogen-bond donors (Lipinski definition) is 1. The third-order valence-corrected chi connectivity index (χ3v) is 4.17. The zero-order chi connectivity index (χ0) is 17.3. The van der Waals surface area contributed by atoms with Gasteiger partial charge >= 0.3 is 0 Å². The highest BCUT2D eigenvalue weighted by Gasteiger charge is 2.04. The van der Waals surface area contributed by atoms with Crippen LogP contribution in [0.5, 0.6) is 0 Å². The topological polar surface area (TPSA) is 47.6 Å². The Morgan fingerprint density at radius 1 is 0.870 bits per heavy atom. The predicted molar refractivity (Wildman–Crippen MR) is 105 cm³/mol. The zero-order valence-corrected chi connectivity index (χ0v) is 17.4. The summed E-state index contributed by atoms with van der Waals surface area (Å²) in [5, 5.41) is 2.93. The number of hydrogen-bond acceptors (Lipinski definition) is 3. The van der Waals surface area contributed by atoms with Gasteiger partial charge in [-0.2, -0.15) is 0 Å². The molecule has 0 bridgehead atoms. The SMILES string of the molecule is CC(I)CCCCCOCCOCCCCCNC(=O)C(C)C. The van der Waals surface area contributed by atoms with Gasteiger partial charge in [0.15, 0.2) is 0 Å². The summed E-state index contributed by atoms with van der Waals surface area (Å²) in [6, 6.07) is 0. The fourth-order valence-electron chi connectivity index (χ4n) is 2.05. The van der Waals surface area contributed by atoms with E-state index in [1.165, 1.54) is 19.3 Å². The van der Waals surface area contributed by atoms with E-state index in [9.17, 15) is 4.79 Å². The number of rotatable bonds is 16. The van der Waals surface area contributed by atoms with Crippen molar-refractivity contribution in [1.82, 2.24) is 5.32 Å². The Morgan fingerprint density at radius 3 is 1.96 bits per heavy atom. The second-order valence-electron chi connectivity index (χ2n) is 6.36. The number of alkyl halides is 1. The van der Waals surface area contributed by atoms with Gasteiger partial charge in [-0.3, -0.25) is 4.79 Å². The molecule has 0 aromatic rings. The maximum absolute atomic E-state index is 11.3. The average Bonchev–Trinajstić information content (AvgIpc) is 2.50. The van der Waals surface area contributed by atoms with Gasteiger partial charge in [0, 0.05) is 29.6 Å². The molecule has 138 valence electrons. The molecule has 0 aliphatic carbocycles. The van der Waals surface area contributed by atoms with E-state index in [-0.39, 0.29) is 11.8 Å². The van der Waals surface area contributed by atoms with Crippen LogP contribution in [0.15, 0.2) is 0 Å². The Bertz CT molecular complexity index is 273. The van der Waals surface area contributed by atoms with E-state index in [1.807, 2.05) is 13.8 Å². The molecule has 0 aliphatic heterocycles. The first-order chi connectivity index (χ1) is 11.0. The van der Waals surface area contributed by atoms with Gasteiger partial charge in [0.05, 0.1) is 13.2 Å². The molecule has 0 aliphatic rings. The molecule has 0 rings (SSSR count). The second-order valence-corrected chi connectivity index (χ2v) is 8.49. The quantitative estimate of drug-likeness (QED) is 0.220. The Morgan fingerprint density at radius 2 is 1.43 bits per heavy atom. The highest BCUT2D eigenvalue weighted by atomic mass is 127. The molecule has 0 spiro atoms. The summed E-state index contributed by atoms with van der Waals surface area (Å²) in [6.45, 7) is 9.89. The number of halogens is 1. The van der Waals surface area contributed by atoms with Crippen molar-refractivity contribution in [1.29, 1.82) is 0 Å². The molecule has 1 atom stereocenters. The summed E-state index contributed by atoms with van der Waals surface area (Å²) in [4.78, 5) is 11.3. The van der Waals surface area contributed by atoms with E-state index in [4.69, 9.17) is 9.47 Å². The van der Waals surface area contributed by atoms with Crippen molar-refractivity contribution >= 4 is 28.5 Å². The van der Waals surface area contributed by atoms with Crippen LogP contribution in [0.2, 0.25) is 0 Å². The molecule has 4 nitrogen and oxygen atoms in total. The van der Waals surface area contributed by atoms with Gasteiger partial charge in [-0.1, -0.05) is 56.2 Å². The average molecular weight is 441 g/mol. The highest BCUT2D eigenvalue weighted by Crippen LogP contribution is 2.10. The van der Waals surface area contributed by atoms with Crippen molar-refractivity contribution < 1.29 is 14.3 Å². The first-order valence-corrected chi connectivity index (χ1v) is 10.4. The third kappa shape index (κ3) is 18.3. The standard InChI is InChI=1S/C18H36INO3/c1-16(2)18(21)20-11-7-5-9-13-23-15-14-22-12-8-4-6-10-17(3)19/h16-17H,4-15H2,1-3H3,(H,20,21). The van der Waals surface area contributed by atoms with Crippen molar-refractivity contribution in [3.8, 4) is 0 Å². The number of carbonyl (C=O) groups is 1. The number of amides is 1. The fraction of sp³-hybridized carbons (Fsp3) is 0.944. The molecular formula is C18H36INO3. The van der Waals surface area contributed by atoms with Gasteiger partial charge in [0.2, 0.25) is 5.91 Å². The first kappa shape index (κ1) is 23.1. The van der Waals surface area contributed by atoms with Crippen LogP contribution in [-0.2, 0) is 14.3 Å². The lowest BCUT2D eigenvalue weighted by Gasteiger charge is -2.08. The minimum absolute atomic E-state index is 0.0770. The van der Waals surface area contributed by atoms with Crippen molar-refractivity contribution in [2.75, 3.05) is 33.0 Å². The molecule has 1 unspecified atom stereocenters. The van der Waals surface area contributed by atoms with E-state index >= 15 is 0 Å². The van der Waals surface area contributed by atoms with Crippen LogP contribution in [0.25, 0.3) is 0 Å². The molecule has 1 amide bonds. The van der Waals surface area contributed by atoms with Crippen LogP contribution in [0.1, 0.15) is 65.7 Å². The molecule has 0 saturated carbocycles. The number of unbranched alkanes of at least 4 members (excludes halogenated alkanes) is 4. The summed E-state index contributed by atoms with van der Waals surface area (Å²) in [6.07, 6.45) is 8.20. The molecule has 0 aromatic heterocycles. The largest absolute Gasteiger partial charge is 0.379 e. The Labute approximate surface area is 156 Å². The number of ether oxygens (including phenoxy) is 2. The minimum atomic E-state index is 0.0770. The minimum Gasteiger partial charge on any atom is -0.379 e. The van der Waals surface area contributed by atoms with Crippen molar-refractivity contribution in [3.05, 3.63) is 0 Å². The second kappa shape index (κ2) is 17.0. The van der Waals surface area contributed by atoms with Crippen molar-refractivity contribution in [2.24, 2.45) is 5.92 Å². The van der Waals surface area contributed by atoms with Crippen LogP contribution in [0.4, 0.5) is 0 Å². The summed E-state index contributed by atoms with van der Waals surface area (Å²) < 4.78 is 11.9. The van der Waals surface area contributed by atoms with Crippen molar-refractivity contribution in [2.45, 2.75) is 69.6 Å². The monoisotopic (exact) mass is 441 g/mol. The normalized spacial score (nSPS) is 12.6. The van der Waals surface area contributed by atoms with Crippen LogP contribution < -0.4 is 5.32 Å². The van der Waals surface area contributed by atoms with E-state index < -0.39 is 0 Å². The Kier molecular flexibility index (Phi) is 17.0. The maximum atomic E-state index is 11.3. The summed E-state index contributed by atoms with van der Waals surface area (Å²) >= 11 is 2.48. The van der Waals surface area contributed by atoms with Crippen LogP contribution in [0, 0.1) is 5.92 Å². The van der Waals surface area contributed by atoms with Crippen LogP contribution in [-0.4, -0.2) is 42.8 Å². The smallest absolute Gasteiger partial charge is 0.222 e. The molecule has 0 radical (unpaired) electrons. The molecular weight excluding hydrogens is 405 g/mol. The van der Waals surface area contributed by atoms with E-state index in [0.717, 1.165) is 49.4 Å². The molecule has 23 heavy (non-hydrogen) atoms. The van der Waals surface area contributed by atoms with Gasteiger partial charge in [0.1, 0.15) is 0 Å². The lowest BCUT2D eigenvalue weighted by atomic mass is 10.2. The molecule has 0 saturated heterocycles. The van der Waals surface area contributed by atoms with Crippen LogP contribution in [0.3, 0.4) is 0 Å². The Hall–Kier alpha value is 0.120. The maximum Gasteiger partial charge on any atom is 0.222 e. The Balaban J connectivity index is 3.07. The number of carbonyl (C=O) groups excluding carboxylic acids is 1. The lowest BCUT2D eigenvalue weighted by molar-refractivity contribution is -0.123. The van der Waals surface area contributed by atoms with E-state index in [0.29, 0.717) is 13.2 Å².